The second-order valence-electron chi connectivity index (χ2n) is 5.02. The van der Waals surface area contributed by atoms with Gasteiger partial charge in [0.1, 0.15) is 0 Å². The van der Waals surface area contributed by atoms with Crippen molar-refractivity contribution in [2.75, 3.05) is 17.7 Å². The van der Waals surface area contributed by atoms with Crippen LogP contribution in [0.4, 0.5) is 5.69 Å². The molecule has 0 spiro atoms. The maximum Gasteiger partial charge on any atom is 0.339 e. The molecule has 0 saturated carbocycles. The first kappa shape index (κ1) is 19.6. The Morgan fingerprint density at radius 1 is 1.12 bits per heavy atom. The summed E-state index contributed by atoms with van der Waals surface area (Å²) in [5.41, 5.74) is 0.741. The molecule has 0 aliphatic heterocycles. The number of thioether (sulfide) groups is 1. The number of esters is 1. The minimum absolute atomic E-state index is 0.140. The number of ether oxygens (including phenoxy) is 1. The molecule has 0 atom stereocenters. The van der Waals surface area contributed by atoms with E-state index in [1.54, 1.807) is 30.8 Å². The van der Waals surface area contributed by atoms with Gasteiger partial charge in [0.25, 0.3) is 0 Å². The molecule has 0 saturated heterocycles. The van der Waals surface area contributed by atoms with E-state index in [4.69, 9.17) is 27.9 Å². The van der Waals surface area contributed by atoms with Gasteiger partial charge in [0.05, 0.1) is 17.2 Å². The van der Waals surface area contributed by atoms with E-state index < -0.39 is 5.97 Å². The van der Waals surface area contributed by atoms with Gasteiger partial charge in [-0.2, -0.15) is 0 Å². The first-order valence-electron chi connectivity index (χ1n) is 7.64. The average molecular weight is 398 g/mol. The monoisotopic (exact) mass is 397 g/mol. The van der Waals surface area contributed by atoms with Crippen LogP contribution in [0.25, 0.3) is 0 Å². The summed E-state index contributed by atoms with van der Waals surface area (Å²) in [7, 11) is 0. The summed E-state index contributed by atoms with van der Waals surface area (Å²) in [6.45, 7) is 1.98. The molecule has 0 aliphatic carbocycles. The fourth-order valence-corrected chi connectivity index (χ4v) is 3.16. The Hall–Kier alpha value is -1.69. The summed E-state index contributed by atoms with van der Waals surface area (Å²) in [4.78, 5) is 24.9. The van der Waals surface area contributed by atoms with Gasteiger partial charge in [-0.25, -0.2) is 4.79 Å². The summed E-state index contributed by atoms with van der Waals surface area (Å²) < 4.78 is 4.94. The molecule has 0 heterocycles. The molecular formula is C18H17Cl2NO3S. The summed E-state index contributed by atoms with van der Waals surface area (Å²) in [5.74, 6) is -0.0216. The molecule has 1 amide bonds. The van der Waals surface area contributed by atoms with Crippen molar-refractivity contribution in [1.29, 1.82) is 0 Å². The molecule has 0 aliphatic rings. The number of rotatable bonds is 7. The van der Waals surface area contributed by atoms with Gasteiger partial charge in [0, 0.05) is 27.8 Å². The van der Waals surface area contributed by atoms with Crippen LogP contribution in [-0.2, 0) is 9.53 Å². The molecule has 0 bridgehead atoms. The standard InChI is InChI=1S/C18H17Cl2NO3S/c1-2-24-18(23)15-11-13(5-8-16(15)20)21-17(22)9-10-25-14-6-3-12(19)4-7-14/h3-8,11H,2,9-10H2,1H3,(H,21,22). The van der Waals surface area contributed by atoms with Gasteiger partial charge >= 0.3 is 5.97 Å². The SMILES string of the molecule is CCOC(=O)c1cc(NC(=O)CCSc2ccc(Cl)cc2)ccc1Cl. The number of halogens is 2. The molecule has 0 unspecified atom stereocenters. The highest BCUT2D eigenvalue weighted by Gasteiger charge is 2.13. The van der Waals surface area contributed by atoms with E-state index in [-0.39, 0.29) is 23.1 Å². The van der Waals surface area contributed by atoms with Crippen molar-refractivity contribution in [1.82, 2.24) is 0 Å². The fraction of sp³-hybridized carbons (Fsp3) is 0.222. The lowest BCUT2D eigenvalue weighted by Gasteiger charge is -2.09. The smallest absolute Gasteiger partial charge is 0.339 e. The van der Waals surface area contributed by atoms with Crippen molar-refractivity contribution in [3.63, 3.8) is 0 Å². The number of hydrogen-bond acceptors (Lipinski definition) is 4. The Morgan fingerprint density at radius 2 is 1.84 bits per heavy atom. The molecule has 2 rings (SSSR count). The molecule has 4 nitrogen and oxygen atoms in total. The Kier molecular flexibility index (Phi) is 7.62. The highest BCUT2D eigenvalue weighted by atomic mass is 35.5. The van der Waals surface area contributed by atoms with E-state index in [1.807, 2.05) is 24.3 Å². The molecule has 2 aromatic carbocycles. The minimum Gasteiger partial charge on any atom is -0.462 e. The summed E-state index contributed by atoms with van der Waals surface area (Å²) in [6, 6.07) is 12.2. The Morgan fingerprint density at radius 3 is 2.52 bits per heavy atom. The number of anilines is 1. The van der Waals surface area contributed by atoms with Crippen LogP contribution in [0.2, 0.25) is 10.0 Å². The number of carbonyl (C=O) groups excluding carboxylic acids is 2. The third-order valence-electron chi connectivity index (χ3n) is 3.16. The molecule has 0 radical (unpaired) electrons. The normalized spacial score (nSPS) is 10.4. The van der Waals surface area contributed by atoms with Gasteiger partial charge < -0.3 is 10.1 Å². The van der Waals surface area contributed by atoms with Crippen LogP contribution in [0.1, 0.15) is 23.7 Å². The van der Waals surface area contributed by atoms with Crippen LogP contribution >= 0.6 is 35.0 Å². The minimum atomic E-state index is -0.512. The van der Waals surface area contributed by atoms with E-state index in [1.165, 1.54) is 6.07 Å². The zero-order valence-corrected chi connectivity index (χ0v) is 15.9. The van der Waals surface area contributed by atoms with Gasteiger partial charge in [0.15, 0.2) is 0 Å². The average Bonchev–Trinajstić information content (AvgIpc) is 2.58. The zero-order valence-electron chi connectivity index (χ0n) is 13.6. The topological polar surface area (TPSA) is 55.4 Å². The van der Waals surface area contributed by atoms with Gasteiger partial charge in [0.2, 0.25) is 5.91 Å². The maximum absolute atomic E-state index is 12.1. The van der Waals surface area contributed by atoms with Crippen molar-refractivity contribution in [2.24, 2.45) is 0 Å². The molecule has 0 fully saturated rings. The Bertz CT molecular complexity index is 750. The first-order valence-corrected chi connectivity index (χ1v) is 9.38. The quantitative estimate of drug-likeness (QED) is 0.509. The number of carbonyl (C=O) groups is 2. The van der Waals surface area contributed by atoms with Crippen molar-refractivity contribution >= 4 is 52.5 Å². The molecule has 7 heteroatoms. The van der Waals surface area contributed by atoms with Crippen molar-refractivity contribution < 1.29 is 14.3 Å². The lowest BCUT2D eigenvalue weighted by molar-refractivity contribution is -0.115. The van der Waals surface area contributed by atoms with Crippen LogP contribution in [0.3, 0.4) is 0 Å². The lowest BCUT2D eigenvalue weighted by Crippen LogP contribution is -2.13. The van der Waals surface area contributed by atoms with Gasteiger partial charge in [-0.1, -0.05) is 23.2 Å². The van der Waals surface area contributed by atoms with E-state index in [0.717, 1.165) is 4.90 Å². The van der Waals surface area contributed by atoms with E-state index in [9.17, 15) is 9.59 Å². The maximum atomic E-state index is 12.1. The first-order chi connectivity index (χ1) is 12.0. The molecular weight excluding hydrogens is 381 g/mol. The van der Waals surface area contributed by atoms with Gasteiger partial charge in [-0.15, -0.1) is 11.8 Å². The molecule has 25 heavy (non-hydrogen) atoms. The second-order valence-corrected chi connectivity index (χ2v) is 7.03. The molecule has 2 aromatic rings. The van der Waals surface area contributed by atoms with Crippen LogP contribution in [-0.4, -0.2) is 24.2 Å². The third kappa shape index (κ3) is 6.27. The predicted octanol–water partition coefficient (Wildman–Crippen LogP) is 5.29. The number of benzene rings is 2. The van der Waals surface area contributed by atoms with Crippen LogP contribution in [0.5, 0.6) is 0 Å². The van der Waals surface area contributed by atoms with Crippen LogP contribution in [0, 0.1) is 0 Å². The number of hydrogen-bond donors (Lipinski definition) is 1. The number of nitrogens with one attached hydrogen (secondary N) is 1. The van der Waals surface area contributed by atoms with Crippen molar-refractivity contribution in [3.8, 4) is 0 Å². The fourth-order valence-electron chi connectivity index (χ4n) is 1.98. The molecule has 132 valence electrons. The molecule has 1 N–H and O–H groups in total. The van der Waals surface area contributed by atoms with E-state index in [2.05, 4.69) is 5.32 Å². The predicted molar refractivity (Wildman–Crippen MR) is 103 cm³/mol. The second kappa shape index (κ2) is 9.70. The highest BCUT2D eigenvalue weighted by molar-refractivity contribution is 7.99. The van der Waals surface area contributed by atoms with Crippen molar-refractivity contribution in [2.45, 2.75) is 18.2 Å². The van der Waals surface area contributed by atoms with Crippen LogP contribution < -0.4 is 5.32 Å². The van der Waals surface area contributed by atoms with E-state index >= 15 is 0 Å². The Labute approximate surface area is 160 Å². The summed E-state index contributed by atoms with van der Waals surface area (Å²) in [6.07, 6.45) is 0.338. The van der Waals surface area contributed by atoms with Gasteiger partial charge in [-0.3, -0.25) is 4.79 Å². The Balaban J connectivity index is 1.88. The highest BCUT2D eigenvalue weighted by Crippen LogP contribution is 2.23. The van der Waals surface area contributed by atoms with Gasteiger partial charge in [-0.05, 0) is 49.4 Å². The van der Waals surface area contributed by atoms with E-state index in [0.29, 0.717) is 22.9 Å². The lowest BCUT2D eigenvalue weighted by atomic mass is 10.2. The number of amides is 1. The molecule has 0 aromatic heterocycles. The van der Waals surface area contributed by atoms with Crippen molar-refractivity contribution in [3.05, 3.63) is 58.1 Å². The summed E-state index contributed by atoms with van der Waals surface area (Å²) in [5, 5.41) is 3.73. The summed E-state index contributed by atoms with van der Waals surface area (Å²) >= 11 is 13.4. The third-order valence-corrected chi connectivity index (χ3v) is 4.75. The zero-order chi connectivity index (χ0) is 18.2. The van der Waals surface area contributed by atoms with Crippen LogP contribution in [0.15, 0.2) is 47.4 Å². The largest absolute Gasteiger partial charge is 0.462 e.